The van der Waals surface area contributed by atoms with E-state index < -0.39 is 65.8 Å². The standard InChI is InChI=1S/C51H82ClN5O12.C2H6.2CH4O/c1-27(2)57-26-37(50(62)63)49(61)36-21-39(38(52)22-40(36)57)53-15-17-65-16-14-43(58)54-46-29(4)18-44(67-34(46)9)68-41-23-42(69-45-20-35(55(11)12)19-30(5)66-45)51(10,64)24-28(3)25-56(13)33(8)48(60)32(7)47(59)31(41)6;3*1-2/h21-22,26-35,41-42,44-46,48,53,60,64H,14-20,23-25H2,1-13H3,(H,54,58)(H,62,63);1-2H3;2*2H,1H3/t28-,29?,30?,31?,32+,33?,34?,35?,41+,42-,44+,45?,46?,48?,51-;;;/m1.../s1. The van der Waals surface area contributed by atoms with Gasteiger partial charge in [-0.3, -0.25) is 14.4 Å². The van der Waals surface area contributed by atoms with Gasteiger partial charge in [0.15, 0.2) is 12.6 Å². The van der Waals surface area contributed by atoms with Crippen molar-refractivity contribution in [2.45, 2.75) is 194 Å². The molecule has 20 heteroatoms. The zero-order chi connectivity index (χ0) is 57.2. The number of anilines is 1. The quantitative estimate of drug-likeness (QED) is 0.0984. The van der Waals surface area contributed by atoms with Crippen LogP contribution >= 0.6 is 11.6 Å². The molecule has 1 amide bonds. The van der Waals surface area contributed by atoms with Crippen molar-refractivity contribution in [2.24, 2.45) is 23.7 Å². The summed E-state index contributed by atoms with van der Waals surface area (Å²) in [6.45, 7) is 24.4. The molecule has 1 aromatic carbocycles. The predicted molar refractivity (Wildman–Crippen MR) is 293 cm³/mol. The van der Waals surface area contributed by atoms with Gasteiger partial charge in [0.2, 0.25) is 11.3 Å². The number of hydrogen-bond acceptors (Lipinski definition) is 16. The summed E-state index contributed by atoms with van der Waals surface area (Å²) in [6, 6.07) is 2.66. The van der Waals surface area contributed by atoms with Gasteiger partial charge in [-0.15, -0.1) is 0 Å². The fraction of sp³-hybridized carbons (Fsp3) is 0.782. The van der Waals surface area contributed by atoms with Crippen molar-refractivity contribution < 1.29 is 63.6 Å². The van der Waals surface area contributed by atoms with Gasteiger partial charge in [0, 0.05) is 94.5 Å². The Labute approximate surface area is 451 Å². The summed E-state index contributed by atoms with van der Waals surface area (Å²) in [5.41, 5.74) is -1.27. The second-order valence-corrected chi connectivity index (χ2v) is 21.6. The molecule has 19 nitrogen and oxygen atoms in total. The number of likely N-dealkylation sites (N-methyl/N-ethyl adjacent to an activating group) is 1. The highest BCUT2D eigenvalue weighted by molar-refractivity contribution is 6.34. The van der Waals surface area contributed by atoms with Gasteiger partial charge in [-0.1, -0.05) is 53.1 Å². The molecule has 75 heavy (non-hydrogen) atoms. The first-order chi connectivity index (χ1) is 35.3. The average Bonchev–Trinajstić information content (AvgIpc) is 3.35. The van der Waals surface area contributed by atoms with Gasteiger partial charge < -0.3 is 74.2 Å². The van der Waals surface area contributed by atoms with Crippen LogP contribution in [0.2, 0.25) is 5.02 Å². The molecule has 7 N–H and O–H groups in total. The highest BCUT2D eigenvalue weighted by Crippen LogP contribution is 2.37. The Balaban J connectivity index is 0.00000309. The largest absolute Gasteiger partial charge is 0.477 e. The minimum absolute atomic E-state index is 0.0150. The van der Waals surface area contributed by atoms with E-state index in [1.54, 1.807) is 30.5 Å². The number of nitrogens with one attached hydrogen (secondary N) is 2. The van der Waals surface area contributed by atoms with Crippen LogP contribution in [0, 0.1) is 23.7 Å². The normalized spacial score (nSPS) is 32.0. The number of carbonyl (C=O) groups is 3. The van der Waals surface area contributed by atoms with Crippen LogP contribution in [0.15, 0.2) is 23.1 Å². The van der Waals surface area contributed by atoms with Gasteiger partial charge in [0.1, 0.15) is 11.3 Å². The molecule has 0 bridgehead atoms. The molecule has 3 fully saturated rings. The van der Waals surface area contributed by atoms with Crippen molar-refractivity contribution in [1.82, 2.24) is 19.7 Å². The lowest BCUT2D eigenvalue weighted by molar-refractivity contribution is -0.270. The molecule has 3 saturated heterocycles. The summed E-state index contributed by atoms with van der Waals surface area (Å²) >= 11 is 6.58. The predicted octanol–water partition coefficient (Wildman–Crippen LogP) is 6.18. The van der Waals surface area contributed by atoms with Crippen LogP contribution in [0.1, 0.15) is 138 Å². The summed E-state index contributed by atoms with van der Waals surface area (Å²) < 4.78 is 34.0. The first kappa shape index (κ1) is 67.8. The van der Waals surface area contributed by atoms with Crippen LogP contribution < -0.4 is 16.1 Å². The number of halogens is 1. The van der Waals surface area contributed by atoms with E-state index >= 15 is 0 Å². The van der Waals surface area contributed by atoms with Crippen LogP contribution in [-0.2, 0) is 33.3 Å². The molecule has 0 aliphatic carbocycles. The van der Waals surface area contributed by atoms with Crippen LogP contribution in [0.5, 0.6) is 0 Å². The van der Waals surface area contributed by atoms with E-state index in [4.69, 9.17) is 45.5 Å². The minimum Gasteiger partial charge on any atom is -0.477 e. The van der Waals surface area contributed by atoms with Gasteiger partial charge in [-0.05, 0) is 99.5 Å². The number of carbonyl (C=O) groups excluding carboxylic acids is 2. The zero-order valence-electron chi connectivity index (χ0n) is 48.1. The number of carboxylic acid groups (broad SMARTS) is 1. The topological polar surface area (TPSA) is 251 Å². The van der Waals surface area contributed by atoms with E-state index in [0.717, 1.165) is 20.6 Å². The zero-order valence-corrected chi connectivity index (χ0v) is 48.8. The van der Waals surface area contributed by atoms with Gasteiger partial charge in [-0.2, -0.15) is 0 Å². The molecule has 9 unspecified atom stereocenters. The number of rotatable bonds is 15. The monoisotopic (exact) mass is 1090 g/mol. The van der Waals surface area contributed by atoms with Gasteiger partial charge in [0.25, 0.3) is 0 Å². The number of aliphatic hydroxyl groups is 4. The van der Waals surface area contributed by atoms with Crippen molar-refractivity contribution in [2.75, 3.05) is 67.0 Å². The Morgan fingerprint density at radius 3 is 2.13 bits per heavy atom. The third-order valence-corrected chi connectivity index (χ3v) is 15.1. The van der Waals surface area contributed by atoms with Crippen molar-refractivity contribution in [3.05, 3.63) is 39.1 Å². The lowest BCUT2D eigenvalue weighted by Gasteiger charge is -2.44. The minimum atomic E-state index is -1.34. The van der Waals surface area contributed by atoms with E-state index in [1.807, 2.05) is 83.5 Å². The van der Waals surface area contributed by atoms with Crippen LogP contribution in [0.3, 0.4) is 0 Å². The van der Waals surface area contributed by atoms with Crippen LogP contribution in [-0.4, -0.2) is 186 Å². The Bertz CT molecular complexity index is 2110. The third kappa shape index (κ3) is 18.9. The molecular weight excluding hydrogens is 990 g/mol. The lowest BCUT2D eigenvalue weighted by atomic mass is 9.81. The maximum absolute atomic E-state index is 14.4. The molecule has 15 atom stereocenters. The number of ether oxygens (including phenoxy) is 5. The molecule has 5 rings (SSSR count). The van der Waals surface area contributed by atoms with Gasteiger partial charge in [0.05, 0.1) is 71.6 Å². The lowest BCUT2D eigenvalue weighted by Crippen LogP contribution is -2.55. The fourth-order valence-electron chi connectivity index (χ4n) is 10.5. The number of aromatic carboxylic acids is 1. The summed E-state index contributed by atoms with van der Waals surface area (Å²) in [6.07, 6.45) is -0.414. The van der Waals surface area contributed by atoms with E-state index in [1.165, 1.54) is 6.20 Å². The van der Waals surface area contributed by atoms with E-state index in [0.29, 0.717) is 48.6 Å². The molecule has 0 spiro atoms. The van der Waals surface area contributed by atoms with E-state index in [9.17, 15) is 34.5 Å². The Morgan fingerprint density at radius 2 is 1.55 bits per heavy atom. The number of hydrogen-bond donors (Lipinski definition) is 7. The summed E-state index contributed by atoms with van der Waals surface area (Å²) in [4.78, 5) is 56.7. The van der Waals surface area contributed by atoms with E-state index in [-0.39, 0.29) is 90.8 Å². The summed E-state index contributed by atoms with van der Waals surface area (Å²) in [5.74, 6) is -3.13. The molecule has 1 aromatic heterocycles. The maximum atomic E-state index is 14.4. The second kappa shape index (κ2) is 31.9. The molecule has 0 saturated carbocycles. The number of nitrogens with zero attached hydrogens (tertiary/aromatic N) is 3. The number of aromatic nitrogens is 1. The van der Waals surface area contributed by atoms with Gasteiger partial charge >= 0.3 is 5.97 Å². The summed E-state index contributed by atoms with van der Waals surface area (Å²) in [7, 11) is 8.02. The number of amides is 1. The molecule has 0 radical (unpaired) electrons. The highest BCUT2D eigenvalue weighted by Gasteiger charge is 2.46. The first-order valence-corrected chi connectivity index (χ1v) is 27.2. The maximum Gasteiger partial charge on any atom is 0.341 e. The molecular formula is C55H96ClN5O14. The molecule has 3 aliphatic heterocycles. The third-order valence-electron chi connectivity index (χ3n) is 14.8. The van der Waals surface area contributed by atoms with Crippen molar-refractivity contribution in [3.63, 3.8) is 0 Å². The van der Waals surface area contributed by atoms with Crippen molar-refractivity contribution in [3.8, 4) is 0 Å². The highest BCUT2D eigenvalue weighted by atomic mass is 35.5. The average molecular weight is 1090 g/mol. The number of ketones is 1. The number of benzene rings is 1. The molecule has 2 aromatic rings. The molecule has 4 heterocycles. The first-order valence-electron chi connectivity index (χ1n) is 26.8. The molecule has 3 aliphatic rings. The number of aliphatic hydroxyl groups excluding tert-OH is 3. The molecule has 432 valence electrons. The number of Topliss-reactive ketones (excluding diaryl/α,β-unsaturated/α-hetero) is 1. The number of pyridine rings is 1. The summed E-state index contributed by atoms with van der Waals surface area (Å²) in [5, 5.41) is 54.4. The fourth-order valence-corrected chi connectivity index (χ4v) is 10.7. The Morgan fingerprint density at radius 1 is 0.920 bits per heavy atom. The number of fused-ring (bicyclic) bond motifs is 1. The smallest absolute Gasteiger partial charge is 0.341 e. The van der Waals surface area contributed by atoms with Crippen LogP contribution in [0.4, 0.5) is 5.69 Å². The second-order valence-electron chi connectivity index (χ2n) is 21.2. The number of carboxylic acids is 1. The van der Waals surface area contributed by atoms with Crippen molar-refractivity contribution >= 4 is 45.9 Å². The Kier molecular flexibility index (Phi) is 28.9. The van der Waals surface area contributed by atoms with Gasteiger partial charge in [-0.25, -0.2) is 4.79 Å². The SMILES string of the molecule is CC.CC1CC(N(C)C)CC(O[C@@H]2C[C@H](O[C@H]3CC(C)C(NC(=O)CCOCCNc4cc5c(=O)c(C(=O)O)cn(C(C)C)c5cc4Cl)C(C)O3)C(C)C(=O)[C@H](C)C(O)C(C)N(C)C[C@H](C)C[C@@]2(C)O)O1.CO.CO. The van der Waals surface area contributed by atoms with Crippen LogP contribution in [0.25, 0.3) is 10.9 Å². The Hall–Kier alpha value is -3.31. The van der Waals surface area contributed by atoms with E-state index in [2.05, 4.69) is 27.4 Å². The van der Waals surface area contributed by atoms with Crippen molar-refractivity contribution in [1.29, 1.82) is 0 Å².